The van der Waals surface area contributed by atoms with Crippen LogP contribution in [0, 0.1) is 6.54 Å². The fourth-order valence-electron chi connectivity index (χ4n) is 0.304. The molecule has 1 radical (unpaired) electrons. The monoisotopic (exact) mass is 79.0 g/mol. The smallest absolute Gasteiger partial charge is 0.234 e. The van der Waals surface area contributed by atoms with Gasteiger partial charge < -0.3 is 0 Å². The van der Waals surface area contributed by atoms with Crippen LogP contribution in [0.5, 0.6) is 0 Å². The zero-order valence-corrected chi connectivity index (χ0v) is 3.31. The minimum atomic E-state index is 1.82. The molecule has 1 N–H and O–H groups in total. The lowest BCUT2D eigenvalue weighted by Crippen LogP contribution is -2.64. The van der Waals surface area contributed by atoms with Crippen molar-refractivity contribution >= 4 is 6.21 Å². The first-order valence-electron chi connectivity index (χ1n) is 1.82. The van der Waals surface area contributed by atoms with Gasteiger partial charge in [0.15, 0.2) is 6.21 Å². The summed E-state index contributed by atoms with van der Waals surface area (Å²) in [4.78, 5) is 2.86. The summed E-state index contributed by atoms with van der Waals surface area (Å²) in [5, 5.41) is 0. The van der Waals surface area contributed by atoms with Gasteiger partial charge in [0.1, 0.15) is 0 Å². The quantitative estimate of drug-likeness (QED) is 0.359. The minimum absolute atomic E-state index is 1.82. The van der Waals surface area contributed by atoms with E-state index in [0.29, 0.717) is 0 Å². The van der Waals surface area contributed by atoms with E-state index in [1.807, 2.05) is 24.9 Å². The Balaban J connectivity index is 2.78. The minimum Gasteiger partial charge on any atom is -0.234 e. The molecule has 1 rings (SSSR count). The summed E-state index contributed by atoms with van der Waals surface area (Å²) >= 11 is 0. The molecule has 0 aromatic rings. The molecule has 0 bridgehead atoms. The topological polar surface area (TPSA) is 14.0 Å². The fourth-order valence-corrected chi connectivity index (χ4v) is 0.304. The van der Waals surface area contributed by atoms with E-state index in [4.69, 9.17) is 0 Å². The Labute approximate surface area is 36.7 Å². The summed E-state index contributed by atoms with van der Waals surface area (Å²) in [6.45, 7) is 1.82. The highest BCUT2D eigenvalue weighted by Crippen LogP contribution is 1.63. The third-order valence-corrected chi connectivity index (χ3v) is 0.552. The van der Waals surface area contributed by atoms with Crippen molar-refractivity contribution in [2.45, 2.75) is 0 Å². The lowest BCUT2D eigenvalue weighted by molar-refractivity contribution is -0.394. The highest BCUT2D eigenvalue weighted by atomic mass is 14.7. The molecule has 1 heterocycles. The Morgan fingerprint density at radius 3 is 2.50 bits per heavy atom. The van der Waals surface area contributed by atoms with Crippen LogP contribution < -0.4 is 4.99 Å². The molecule has 1 nitrogen and oxygen atoms in total. The van der Waals surface area contributed by atoms with Gasteiger partial charge in [-0.3, -0.25) is 0 Å². The molecule has 0 unspecified atom stereocenters. The zero-order valence-electron chi connectivity index (χ0n) is 3.31. The van der Waals surface area contributed by atoms with E-state index in [-0.39, 0.29) is 0 Å². The van der Waals surface area contributed by atoms with Crippen molar-refractivity contribution in [1.29, 1.82) is 0 Å². The van der Waals surface area contributed by atoms with Crippen LogP contribution in [0.3, 0.4) is 0 Å². The molecule has 1 aliphatic heterocycles. The van der Waals surface area contributed by atoms with Crippen molar-refractivity contribution in [3.05, 3.63) is 24.4 Å². The molecule has 0 aromatic carbocycles. The lowest BCUT2D eigenvalue weighted by Gasteiger charge is -1.70. The maximum absolute atomic E-state index is 2.86. The molecule has 0 aromatic heterocycles. The summed E-state index contributed by atoms with van der Waals surface area (Å²) in [6.07, 6.45) is 5.46. The van der Waals surface area contributed by atoms with Gasteiger partial charge in [0.05, 0.1) is 0 Å². The van der Waals surface area contributed by atoms with Gasteiger partial charge in [0.25, 0.3) is 0 Å². The third-order valence-electron chi connectivity index (χ3n) is 0.552. The maximum Gasteiger partial charge on any atom is 0.242 e. The van der Waals surface area contributed by atoms with Crippen LogP contribution >= 0.6 is 0 Å². The Bertz CT molecular complexity index is 116. The summed E-state index contributed by atoms with van der Waals surface area (Å²) < 4.78 is 0. The van der Waals surface area contributed by atoms with Crippen molar-refractivity contribution in [2.24, 2.45) is 0 Å². The second-order valence-corrected chi connectivity index (χ2v) is 1.00. The molecule has 6 heavy (non-hydrogen) atoms. The van der Waals surface area contributed by atoms with Crippen LogP contribution in [0.4, 0.5) is 0 Å². The number of rotatable bonds is 0. The summed E-state index contributed by atoms with van der Waals surface area (Å²) in [5.41, 5.74) is 2.86. The first-order valence-corrected chi connectivity index (χ1v) is 1.82. The van der Waals surface area contributed by atoms with Crippen LogP contribution in [0.25, 0.3) is 0 Å². The highest BCUT2D eigenvalue weighted by Gasteiger charge is 1.78. The van der Waals surface area contributed by atoms with Crippen LogP contribution in [0.1, 0.15) is 0 Å². The molecule has 0 saturated carbocycles. The normalized spacial score (nSPS) is 16.0. The molecule has 29 valence electrons. The lowest BCUT2D eigenvalue weighted by atomic mass is 10.5. The molecule has 0 spiro atoms. The molecule has 0 atom stereocenters. The average Bonchev–Trinajstić information content (AvgIpc) is 1.72. The van der Waals surface area contributed by atoms with Gasteiger partial charge >= 0.3 is 0 Å². The molecule has 0 amide bonds. The van der Waals surface area contributed by atoms with Gasteiger partial charge in [0.2, 0.25) is 6.54 Å². The predicted molar refractivity (Wildman–Crippen MR) is 24.0 cm³/mol. The van der Waals surface area contributed by atoms with Gasteiger partial charge in [-0.2, -0.15) is 0 Å². The predicted octanol–water partition coefficient (Wildman–Crippen LogP) is -0.976. The van der Waals surface area contributed by atoms with Gasteiger partial charge in [-0.15, -0.1) is 5.73 Å². The van der Waals surface area contributed by atoms with Crippen molar-refractivity contribution in [3.63, 3.8) is 0 Å². The summed E-state index contributed by atoms with van der Waals surface area (Å²) in [5.74, 6) is 0. The first-order chi connectivity index (χ1) is 3.00. The van der Waals surface area contributed by atoms with Crippen molar-refractivity contribution in [3.8, 4) is 0 Å². The van der Waals surface area contributed by atoms with Crippen molar-refractivity contribution in [1.82, 2.24) is 0 Å². The van der Waals surface area contributed by atoms with Gasteiger partial charge in [-0.1, -0.05) is 0 Å². The average molecular weight is 79.1 g/mol. The van der Waals surface area contributed by atoms with E-state index in [0.717, 1.165) is 0 Å². The number of nitrogens with one attached hydrogen (secondary N) is 1. The maximum atomic E-state index is 2.86. The zero-order chi connectivity index (χ0) is 4.24. The van der Waals surface area contributed by atoms with Crippen molar-refractivity contribution in [2.75, 3.05) is 0 Å². The van der Waals surface area contributed by atoms with Crippen LogP contribution in [-0.4, -0.2) is 6.21 Å². The van der Waals surface area contributed by atoms with E-state index < -0.39 is 0 Å². The first kappa shape index (κ1) is 3.38. The van der Waals surface area contributed by atoms with Gasteiger partial charge in [-0.25, -0.2) is 4.99 Å². The van der Waals surface area contributed by atoms with Crippen LogP contribution in [0.15, 0.2) is 17.9 Å². The molecular weight excluding hydrogens is 74.1 g/mol. The Kier molecular flexibility index (Phi) is 0.892. The second kappa shape index (κ2) is 1.58. The van der Waals surface area contributed by atoms with Crippen molar-refractivity contribution < 1.29 is 4.99 Å². The largest absolute Gasteiger partial charge is 0.242 e. The molecule has 0 fully saturated rings. The standard InChI is InChI=1S/C5H5N/c1-2-4-6-5-3-1/h2-6H/q+1. The number of hydrogen-bond donors (Lipinski definition) is 1. The van der Waals surface area contributed by atoms with E-state index in [1.54, 1.807) is 0 Å². The summed E-state index contributed by atoms with van der Waals surface area (Å²) in [7, 11) is 0. The summed E-state index contributed by atoms with van der Waals surface area (Å²) in [6, 6.07) is 0. The van der Waals surface area contributed by atoms with E-state index >= 15 is 0 Å². The highest BCUT2D eigenvalue weighted by molar-refractivity contribution is 5.65. The molecular formula is C5H5N+. The Morgan fingerprint density at radius 2 is 2.33 bits per heavy atom. The fraction of sp³-hybridized carbons (Fsp3) is 0. The molecule has 1 aliphatic rings. The Morgan fingerprint density at radius 1 is 1.33 bits per heavy atom. The SMILES string of the molecule is C1=C[CH][NH+]=CC=1. The van der Waals surface area contributed by atoms with Gasteiger partial charge in [0, 0.05) is 12.2 Å². The van der Waals surface area contributed by atoms with E-state index in [9.17, 15) is 0 Å². The molecule has 0 saturated heterocycles. The van der Waals surface area contributed by atoms with Crippen LogP contribution in [-0.2, 0) is 0 Å². The number of hydrogen-bond acceptors (Lipinski definition) is 0. The molecule has 0 aliphatic carbocycles. The van der Waals surface area contributed by atoms with Crippen LogP contribution in [0.2, 0.25) is 0 Å². The van der Waals surface area contributed by atoms with Gasteiger partial charge in [-0.05, 0) is 0 Å². The Hall–Kier alpha value is -0.810. The second-order valence-electron chi connectivity index (χ2n) is 1.00. The van der Waals surface area contributed by atoms with E-state index in [2.05, 4.69) is 10.7 Å². The molecule has 1 heteroatoms. The van der Waals surface area contributed by atoms with E-state index in [1.165, 1.54) is 0 Å². The third kappa shape index (κ3) is 0.568.